The van der Waals surface area contributed by atoms with Crippen molar-refractivity contribution < 1.29 is 24.5 Å². The van der Waals surface area contributed by atoms with Crippen molar-refractivity contribution in [3.63, 3.8) is 0 Å². The summed E-state index contributed by atoms with van der Waals surface area (Å²) in [6.07, 6.45) is -1.66. The van der Waals surface area contributed by atoms with Gasteiger partial charge in [0.25, 0.3) is 0 Å². The topological polar surface area (TPSA) is 79.2 Å². The molecule has 1 fully saturated rings. The van der Waals surface area contributed by atoms with Crippen molar-refractivity contribution in [2.45, 2.75) is 58.1 Å². The molecule has 1 amide bonds. The van der Waals surface area contributed by atoms with Crippen molar-refractivity contribution in [1.82, 2.24) is 4.90 Å². The Morgan fingerprint density at radius 1 is 1.55 bits per heavy atom. The largest absolute Gasteiger partial charge is 0.444 e. The van der Waals surface area contributed by atoms with Crippen molar-refractivity contribution >= 4 is 6.09 Å². The highest BCUT2D eigenvalue weighted by molar-refractivity contribution is 5.70. The zero-order chi connectivity index (χ0) is 15.6. The number of aliphatic hydroxyl groups is 2. The second-order valence-corrected chi connectivity index (χ2v) is 6.10. The van der Waals surface area contributed by atoms with E-state index in [0.29, 0.717) is 0 Å². The Balaban J connectivity index is 2.93. The average Bonchev–Trinajstić information content (AvgIpc) is 2.59. The Morgan fingerprint density at radius 2 is 2.15 bits per heavy atom. The van der Waals surface area contributed by atoms with Gasteiger partial charge >= 0.3 is 6.09 Å². The molecule has 0 bridgehead atoms. The molecule has 20 heavy (non-hydrogen) atoms. The molecule has 1 aliphatic heterocycles. The SMILES string of the molecule is CC(C)(C)OC(=O)N1[C@H]([C@H](O)C#CCO)COC1(C)C. The molecule has 0 radical (unpaired) electrons. The third-order valence-corrected chi connectivity index (χ3v) is 2.80. The smallest absolute Gasteiger partial charge is 0.413 e. The summed E-state index contributed by atoms with van der Waals surface area (Å²) >= 11 is 0. The van der Waals surface area contributed by atoms with Gasteiger partial charge in [-0.1, -0.05) is 11.8 Å². The van der Waals surface area contributed by atoms with Crippen LogP contribution in [0.15, 0.2) is 0 Å². The molecule has 1 aliphatic rings. The van der Waals surface area contributed by atoms with Gasteiger partial charge in [-0.25, -0.2) is 4.79 Å². The minimum atomic E-state index is -1.10. The van der Waals surface area contributed by atoms with E-state index in [2.05, 4.69) is 11.8 Å². The van der Waals surface area contributed by atoms with Crippen LogP contribution in [0.4, 0.5) is 4.79 Å². The number of nitrogens with zero attached hydrogens (tertiary/aromatic N) is 1. The minimum Gasteiger partial charge on any atom is -0.444 e. The predicted molar refractivity (Wildman–Crippen MR) is 72.8 cm³/mol. The van der Waals surface area contributed by atoms with Crippen molar-refractivity contribution in [3.05, 3.63) is 0 Å². The van der Waals surface area contributed by atoms with Crippen LogP contribution in [0.1, 0.15) is 34.6 Å². The maximum absolute atomic E-state index is 12.3. The molecule has 0 aromatic rings. The van der Waals surface area contributed by atoms with Crippen molar-refractivity contribution in [3.8, 4) is 11.8 Å². The molecule has 0 aliphatic carbocycles. The first-order chi connectivity index (χ1) is 9.08. The lowest BCUT2D eigenvalue weighted by Crippen LogP contribution is -2.53. The quantitative estimate of drug-likeness (QED) is 0.694. The highest BCUT2D eigenvalue weighted by Crippen LogP contribution is 2.30. The van der Waals surface area contributed by atoms with Gasteiger partial charge in [0, 0.05) is 0 Å². The number of hydrogen-bond donors (Lipinski definition) is 2. The van der Waals surface area contributed by atoms with E-state index in [1.54, 1.807) is 34.6 Å². The zero-order valence-electron chi connectivity index (χ0n) is 12.6. The number of aliphatic hydroxyl groups excluding tert-OH is 2. The molecular formula is C14H23NO5. The lowest BCUT2D eigenvalue weighted by Gasteiger charge is -2.35. The maximum Gasteiger partial charge on any atom is 0.413 e. The van der Waals surface area contributed by atoms with Crippen molar-refractivity contribution in [2.75, 3.05) is 13.2 Å². The minimum absolute atomic E-state index is 0.160. The Bertz CT molecular complexity index is 416. The summed E-state index contributed by atoms with van der Waals surface area (Å²) in [7, 11) is 0. The third-order valence-electron chi connectivity index (χ3n) is 2.80. The molecule has 6 heteroatoms. The van der Waals surface area contributed by atoms with Crippen LogP contribution in [-0.2, 0) is 9.47 Å². The van der Waals surface area contributed by atoms with Gasteiger partial charge in [-0.15, -0.1) is 0 Å². The van der Waals surface area contributed by atoms with Crippen LogP contribution in [0.5, 0.6) is 0 Å². The summed E-state index contributed by atoms with van der Waals surface area (Å²) in [5.41, 5.74) is -1.52. The standard InChI is InChI=1S/C14H23NO5/c1-13(2,3)20-12(18)15-10(9-19-14(15,4)5)11(17)7-6-8-16/h10-11,16-17H,8-9H2,1-5H3/t10-,11+/m0/s1. The van der Waals surface area contributed by atoms with Crippen LogP contribution in [0, 0.1) is 11.8 Å². The molecular weight excluding hydrogens is 262 g/mol. The van der Waals surface area contributed by atoms with Crippen LogP contribution in [-0.4, -0.2) is 57.9 Å². The lowest BCUT2D eigenvalue weighted by atomic mass is 10.1. The molecule has 6 nitrogen and oxygen atoms in total. The van der Waals surface area contributed by atoms with E-state index >= 15 is 0 Å². The maximum atomic E-state index is 12.3. The number of carbonyl (C=O) groups is 1. The fourth-order valence-corrected chi connectivity index (χ4v) is 1.98. The first-order valence-electron chi connectivity index (χ1n) is 6.52. The van der Waals surface area contributed by atoms with E-state index in [1.165, 1.54) is 4.90 Å². The Morgan fingerprint density at radius 3 is 2.65 bits per heavy atom. The summed E-state index contributed by atoms with van der Waals surface area (Å²) < 4.78 is 10.9. The van der Waals surface area contributed by atoms with Crippen molar-refractivity contribution in [2.24, 2.45) is 0 Å². The van der Waals surface area contributed by atoms with Gasteiger partial charge in [-0.05, 0) is 34.6 Å². The fraction of sp³-hybridized carbons (Fsp3) is 0.786. The van der Waals surface area contributed by atoms with Crippen LogP contribution in [0.3, 0.4) is 0 Å². The van der Waals surface area contributed by atoms with E-state index in [9.17, 15) is 9.90 Å². The molecule has 0 unspecified atom stereocenters. The highest BCUT2D eigenvalue weighted by atomic mass is 16.6. The monoisotopic (exact) mass is 285 g/mol. The number of ether oxygens (including phenoxy) is 2. The van der Waals surface area contributed by atoms with E-state index in [-0.39, 0.29) is 13.2 Å². The highest BCUT2D eigenvalue weighted by Gasteiger charge is 2.48. The third kappa shape index (κ3) is 4.10. The van der Waals surface area contributed by atoms with Crippen LogP contribution in [0.2, 0.25) is 0 Å². The van der Waals surface area contributed by atoms with E-state index in [0.717, 1.165) is 0 Å². The summed E-state index contributed by atoms with van der Waals surface area (Å²) in [4.78, 5) is 13.6. The van der Waals surface area contributed by atoms with Gasteiger partial charge < -0.3 is 19.7 Å². The normalized spacial score (nSPS) is 22.9. The number of amides is 1. The van der Waals surface area contributed by atoms with E-state index < -0.39 is 29.6 Å². The summed E-state index contributed by atoms with van der Waals surface area (Å²) in [6, 6.07) is -0.626. The molecule has 0 spiro atoms. The van der Waals surface area contributed by atoms with Crippen molar-refractivity contribution in [1.29, 1.82) is 0 Å². The van der Waals surface area contributed by atoms with Gasteiger partial charge in [0.05, 0.1) is 12.6 Å². The summed E-state index contributed by atoms with van der Waals surface area (Å²) in [5, 5.41) is 18.7. The summed E-state index contributed by atoms with van der Waals surface area (Å²) in [6.45, 7) is 8.57. The molecule has 1 saturated heterocycles. The lowest BCUT2D eigenvalue weighted by molar-refractivity contribution is -0.0658. The number of hydrogen-bond acceptors (Lipinski definition) is 5. The first-order valence-corrected chi connectivity index (χ1v) is 6.52. The molecule has 114 valence electrons. The molecule has 1 heterocycles. The second kappa shape index (κ2) is 6.00. The van der Waals surface area contributed by atoms with E-state index in [1.807, 2.05) is 0 Å². The molecule has 0 saturated carbocycles. The Labute approximate surface area is 119 Å². The van der Waals surface area contributed by atoms with E-state index in [4.69, 9.17) is 14.6 Å². The Kier molecular flexibility index (Phi) is 5.03. The van der Waals surface area contributed by atoms with Gasteiger partial charge in [-0.2, -0.15) is 0 Å². The predicted octanol–water partition coefficient (Wildman–Crippen LogP) is 0.715. The second-order valence-electron chi connectivity index (χ2n) is 6.10. The molecule has 2 N–H and O–H groups in total. The zero-order valence-corrected chi connectivity index (χ0v) is 12.6. The summed E-state index contributed by atoms with van der Waals surface area (Å²) in [5.74, 6) is 4.87. The van der Waals surface area contributed by atoms with Crippen LogP contribution in [0.25, 0.3) is 0 Å². The van der Waals surface area contributed by atoms with Gasteiger partial charge in [0.2, 0.25) is 0 Å². The van der Waals surface area contributed by atoms with Gasteiger partial charge in [-0.3, -0.25) is 4.90 Å². The fourth-order valence-electron chi connectivity index (χ4n) is 1.98. The van der Waals surface area contributed by atoms with Gasteiger partial charge in [0.15, 0.2) is 0 Å². The molecule has 1 rings (SSSR count). The van der Waals surface area contributed by atoms with Crippen LogP contribution >= 0.6 is 0 Å². The number of carbonyl (C=O) groups excluding carboxylic acids is 1. The van der Waals surface area contributed by atoms with Crippen LogP contribution < -0.4 is 0 Å². The molecule has 0 aromatic heterocycles. The van der Waals surface area contributed by atoms with Gasteiger partial charge in [0.1, 0.15) is 24.0 Å². The molecule has 0 aromatic carbocycles. The number of rotatable bonds is 1. The first kappa shape index (κ1) is 16.8. The molecule has 2 atom stereocenters. The Hall–Kier alpha value is -1.29. The average molecular weight is 285 g/mol.